The first kappa shape index (κ1) is 30.4. The fraction of sp³-hybridized carbons (Fsp3) is 0.364. The molecule has 2 aliphatic rings. The lowest BCUT2D eigenvalue weighted by molar-refractivity contribution is -0.0734. The lowest BCUT2D eigenvalue weighted by Crippen LogP contribution is -2.46. The Morgan fingerprint density at radius 1 is 1.04 bits per heavy atom. The first-order chi connectivity index (χ1) is 21.9. The van der Waals surface area contributed by atoms with Crippen LogP contribution in [0.3, 0.4) is 0 Å². The number of hydrogen-bond acceptors (Lipinski definition) is 8. The minimum atomic E-state index is -0.843. The van der Waals surface area contributed by atoms with Crippen LogP contribution in [0.1, 0.15) is 30.9 Å². The van der Waals surface area contributed by atoms with Gasteiger partial charge in [0.1, 0.15) is 36.4 Å². The third-order valence-corrected chi connectivity index (χ3v) is 8.62. The molecule has 236 valence electrons. The van der Waals surface area contributed by atoms with E-state index in [1.165, 1.54) is 6.33 Å². The molecule has 2 saturated heterocycles. The molecular formula is C33H39FN8O3. The number of ether oxygens (including phenoxy) is 2. The number of rotatable bonds is 10. The number of aromatic nitrogens is 3. The number of carbonyl (C=O) groups is 1. The molecule has 11 nitrogen and oxygen atoms in total. The number of halogens is 1. The first-order valence-corrected chi connectivity index (χ1v) is 15.3. The van der Waals surface area contributed by atoms with Crippen molar-refractivity contribution in [3.05, 3.63) is 96.3 Å². The van der Waals surface area contributed by atoms with Crippen molar-refractivity contribution < 1.29 is 18.7 Å². The van der Waals surface area contributed by atoms with Gasteiger partial charge in [-0.25, -0.2) is 24.7 Å². The Bertz CT molecular complexity index is 1560. The van der Waals surface area contributed by atoms with Crippen LogP contribution < -0.4 is 31.1 Å². The van der Waals surface area contributed by atoms with E-state index < -0.39 is 11.6 Å². The Morgan fingerprint density at radius 3 is 2.33 bits per heavy atom. The Hall–Kier alpha value is -4.68. The van der Waals surface area contributed by atoms with E-state index in [4.69, 9.17) is 15.3 Å². The molecule has 4 aromatic rings. The largest absolute Gasteiger partial charge is 0.491 e. The highest BCUT2D eigenvalue weighted by Crippen LogP contribution is 2.42. The van der Waals surface area contributed by atoms with Gasteiger partial charge in [0.15, 0.2) is 0 Å². The second-order valence-corrected chi connectivity index (χ2v) is 11.5. The Morgan fingerprint density at radius 2 is 1.73 bits per heavy atom. The average Bonchev–Trinajstić information content (AvgIpc) is 3.75. The average molecular weight is 615 g/mol. The standard InChI is InChI=1S/C33H39FN8O3/c1-2-24-3-12-30(31(34)19-24)33(21-42-23-36-22-37-42)14-13-29(45-33)20-44-28-10-8-27(9-11-28)41-17-15-40(16-18-41)26-6-4-25(5-7-26)38-32(43)39-35/h3-12,19,22-23,29H,2,13-18,20-21,35H2,1H3,(H2,38,39,43)/t29-,33+/m1/s1. The van der Waals surface area contributed by atoms with Crippen LogP contribution in [-0.2, 0) is 23.3 Å². The Kier molecular flexibility index (Phi) is 9.13. The molecule has 12 heteroatoms. The van der Waals surface area contributed by atoms with E-state index in [2.05, 4.69) is 42.8 Å². The van der Waals surface area contributed by atoms with Gasteiger partial charge in [0.25, 0.3) is 0 Å². The van der Waals surface area contributed by atoms with Crippen LogP contribution in [0.5, 0.6) is 5.75 Å². The van der Waals surface area contributed by atoms with Gasteiger partial charge in [-0.05, 0) is 79.4 Å². The number of amides is 2. The van der Waals surface area contributed by atoms with Gasteiger partial charge in [0.2, 0.25) is 0 Å². The lowest BCUT2D eigenvalue weighted by Gasteiger charge is -2.37. The van der Waals surface area contributed by atoms with E-state index in [0.717, 1.165) is 61.7 Å². The molecule has 0 unspecified atom stereocenters. The summed E-state index contributed by atoms with van der Waals surface area (Å²) in [6.45, 7) is 6.30. The van der Waals surface area contributed by atoms with E-state index in [1.54, 1.807) is 17.1 Å². The van der Waals surface area contributed by atoms with E-state index in [0.29, 0.717) is 30.8 Å². The summed E-state index contributed by atoms with van der Waals surface area (Å²) in [5.41, 5.74) is 5.65. The molecule has 0 radical (unpaired) electrons. The number of hydrogen-bond donors (Lipinski definition) is 3. The quantitative estimate of drug-likeness (QED) is 0.136. The summed E-state index contributed by atoms with van der Waals surface area (Å²) < 4.78 is 29.8. The van der Waals surface area contributed by atoms with Crippen LogP contribution in [0.15, 0.2) is 79.4 Å². The Labute approximate surface area is 262 Å². The maximum Gasteiger partial charge on any atom is 0.333 e. The van der Waals surface area contributed by atoms with Crippen molar-refractivity contribution in [1.82, 2.24) is 20.2 Å². The fourth-order valence-electron chi connectivity index (χ4n) is 6.16. The summed E-state index contributed by atoms with van der Waals surface area (Å²) in [6, 6.07) is 20.9. The van der Waals surface area contributed by atoms with Crippen molar-refractivity contribution in [2.24, 2.45) is 5.84 Å². The van der Waals surface area contributed by atoms with Crippen molar-refractivity contribution in [1.29, 1.82) is 0 Å². The fourth-order valence-corrected chi connectivity index (χ4v) is 6.16. The molecule has 0 aliphatic carbocycles. The minimum absolute atomic E-state index is 0.186. The maximum atomic E-state index is 15.3. The van der Waals surface area contributed by atoms with Gasteiger partial charge in [0, 0.05) is 48.8 Å². The second-order valence-electron chi connectivity index (χ2n) is 11.5. The number of nitrogens with zero attached hydrogens (tertiary/aromatic N) is 5. The minimum Gasteiger partial charge on any atom is -0.491 e. The number of nitrogens with one attached hydrogen (secondary N) is 2. The van der Waals surface area contributed by atoms with Gasteiger partial charge in [0.05, 0.1) is 12.6 Å². The van der Waals surface area contributed by atoms with Gasteiger partial charge < -0.3 is 24.6 Å². The number of benzene rings is 3. The third-order valence-electron chi connectivity index (χ3n) is 8.62. The summed E-state index contributed by atoms with van der Waals surface area (Å²) in [6.07, 6.45) is 5.10. The molecule has 2 fully saturated rings. The van der Waals surface area contributed by atoms with Crippen molar-refractivity contribution in [2.75, 3.05) is 47.9 Å². The van der Waals surface area contributed by atoms with Gasteiger partial charge in [-0.15, -0.1) is 0 Å². The molecule has 45 heavy (non-hydrogen) atoms. The third kappa shape index (κ3) is 7.02. The highest BCUT2D eigenvalue weighted by Gasteiger charge is 2.44. The SMILES string of the molecule is CCc1ccc([C@@]2(Cn3cncn3)CC[C@H](COc3ccc(N4CCN(c5ccc(NC(=O)NN)cc5)CC4)cc3)O2)c(F)c1. The highest BCUT2D eigenvalue weighted by molar-refractivity contribution is 5.88. The summed E-state index contributed by atoms with van der Waals surface area (Å²) in [4.78, 5) is 20.2. The van der Waals surface area contributed by atoms with Crippen molar-refractivity contribution in [3.63, 3.8) is 0 Å². The van der Waals surface area contributed by atoms with E-state index in [1.807, 2.05) is 55.5 Å². The highest BCUT2D eigenvalue weighted by atomic mass is 19.1. The Balaban J connectivity index is 1.02. The zero-order valence-corrected chi connectivity index (χ0v) is 25.4. The van der Waals surface area contributed by atoms with E-state index in [-0.39, 0.29) is 11.9 Å². The van der Waals surface area contributed by atoms with Gasteiger partial charge in [-0.1, -0.05) is 19.1 Å². The molecule has 0 bridgehead atoms. The van der Waals surface area contributed by atoms with Gasteiger partial charge in [-0.2, -0.15) is 5.10 Å². The molecular weight excluding hydrogens is 575 g/mol. The zero-order chi connectivity index (χ0) is 31.2. The molecule has 0 spiro atoms. The van der Waals surface area contributed by atoms with Crippen LogP contribution in [-0.4, -0.2) is 59.7 Å². The van der Waals surface area contributed by atoms with Crippen LogP contribution in [0.2, 0.25) is 0 Å². The summed E-state index contributed by atoms with van der Waals surface area (Å²) in [5.74, 6) is 5.65. The second kappa shape index (κ2) is 13.5. The first-order valence-electron chi connectivity index (χ1n) is 15.3. The van der Waals surface area contributed by atoms with Crippen molar-refractivity contribution >= 4 is 23.1 Å². The molecule has 3 aromatic carbocycles. The van der Waals surface area contributed by atoms with Crippen LogP contribution >= 0.6 is 0 Å². The summed E-state index contributed by atoms with van der Waals surface area (Å²) in [5, 5.41) is 6.93. The van der Waals surface area contributed by atoms with Crippen molar-refractivity contribution in [2.45, 2.75) is 44.4 Å². The lowest BCUT2D eigenvalue weighted by atomic mass is 9.89. The van der Waals surface area contributed by atoms with Crippen LogP contribution in [0.4, 0.5) is 26.2 Å². The summed E-state index contributed by atoms with van der Waals surface area (Å²) >= 11 is 0. The molecule has 1 aromatic heterocycles. The number of urea groups is 1. The molecule has 2 amide bonds. The topological polar surface area (TPSA) is 123 Å². The zero-order valence-electron chi connectivity index (χ0n) is 25.4. The molecule has 2 aliphatic heterocycles. The predicted molar refractivity (Wildman–Crippen MR) is 171 cm³/mol. The predicted octanol–water partition coefficient (Wildman–Crippen LogP) is 4.45. The molecule has 0 saturated carbocycles. The van der Waals surface area contributed by atoms with Gasteiger partial charge >= 0.3 is 6.03 Å². The number of piperazine rings is 1. The number of aryl methyl sites for hydroxylation is 1. The number of nitrogens with two attached hydrogens (primary N) is 1. The molecule has 2 atom stereocenters. The normalized spacial score (nSPS) is 19.8. The van der Waals surface area contributed by atoms with Gasteiger partial charge in [-0.3, -0.25) is 5.43 Å². The molecule has 4 N–H and O–H groups in total. The molecule has 3 heterocycles. The smallest absolute Gasteiger partial charge is 0.333 e. The number of hydrazine groups is 1. The maximum absolute atomic E-state index is 15.3. The van der Waals surface area contributed by atoms with E-state index in [9.17, 15) is 4.79 Å². The van der Waals surface area contributed by atoms with E-state index >= 15 is 4.39 Å². The number of anilines is 3. The van der Waals surface area contributed by atoms with Crippen LogP contribution in [0.25, 0.3) is 0 Å². The van der Waals surface area contributed by atoms with Crippen LogP contribution in [0, 0.1) is 5.82 Å². The number of carbonyl (C=O) groups excluding carboxylic acids is 1. The molecule has 6 rings (SSSR count). The van der Waals surface area contributed by atoms with Crippen molar-refractivity contribution in [3.8, 4) is 5.75 Å². The summed E-state index contributed by atoms with van der Waals surface area (Å²) in [7, 11) is 0. The monoisotopic (exact) mass is 614 g/mol.